The highest BCUT2D eigenvalue weighted by Crippen LogP contribution is 2.61. The molecule has 0 unspecified atom stereocenters. The lowest BCUT2D eigenvalue weighted by molar-refractivity contribution is -0.138. The summed E-state index contributed by atoms with van der Waals surface area (Å²) < 4.78 is 42.2. The molecule has 1 N–H and O–H groups in total. The quantitative estimate of drug-likeness (QED) is 0.513. The third-order valence-corrected chi connectivity index (χ3v) is 8.77. The Morgan fingerprint density at radius 1 is 1.12 bits per heavy atom. The molecule has 1 aromatic carbocycles. The summed E-state index contributed by atoms with van der Waals surface area (Å²) in [5.74, 6) is 0.339. The van der Waals surface area contributed by atoms with E-state index in [1.54, 1.807) is 36.4 Å². The first kappa shape index (κ1) is 22.3. The van der Waals surface area contributed by atoms with E-state index >= 15 is 0 Å². The average Bonchev–Trinajstić information content (AvgIpc) is 2.75. The first-order chi connectivity index (χ1) is 15.7. The summed E-state index contributed by atoms with van der Waals surface area (Å²) in [6.45, 7) is 0. The van der Waals surface area contributed by atoms with E-state index in [1.165, 1.54) is 0 Å². The molecule has 8 heteroatoms. The van der Waals surface area contributed by atoms with Crippen molar-refractivity contribution < 1.29 is 23.1 Å². The number of carboxylic acids is 1. The van der Waals surface area contributed by atoms with Crippen LogP contribution in [0.3, 0.4) is 0 Å². The van der Waals surface area contributed by atoms with E-state index in [-0.39, 0.29) is 5.03 Å². The highest BCUT2D eigenvalue weighted by Gasteiger charge is 2.53. The van der Waals surface area contributed by atoms with Gasteiger partial charge in [-0.25, -0.2) is 4.98 Å². The molecule has 4 bridgehead atoms. The van der Waals surface area contributed by atoms with E-state index in [1.807, 2.05) is 0 Å². The number of hydrogen-bond acceptors (Lipinski definition) is 4. The molecule has 1 heterocycles. The summed E-state index contributed by atoms with van der Waals surface area (Å²) in [4.78, 5) is 16.7. The van der Waals surface area contributed by atoms with Gasteiger partial charge in [-0.15, -0.1) is 0 Å². The zero-order valence-corrected chi connectivity index (χ0v) is 18.6. The van der Waals surface area contributed by atoms with Crippen LogP contribution in [0.5, 0.6) is 0 Å². The zero-order valence-electron chi connectivity index (χ0n) is 17.8. The molecule has 1 aromatic heterocycles. The van der Waals surface area contributed by atoms with E-state index in [2.05, 4.69) is 4.98 Å². The van der Waals surface area contributed by atoms with Crippen molar-refractivity contribution in [3.05, 3.63) is 58.8 Å². The number of pyridine rings is 1. The van der Waals surface area contributed by atoms with E-state index in [0.717, 1.165) is 44.6 Å². The third-order valence-electron chi connectivity index (χ3n) is 7.54. The standard InChI is InChI=1S/C25H23F3N2O2S/c26-25(27,28)19-9-20(24-10-14-6-15(11-24)8-16(7-14)12-24)30-22(18(19)13-29)33-21(23(31)32)17-4-2-1-3-5-17/h1-5,9,14-16,21H,6-8,10-12H2,(H,31,32)/t14?,15?,16?,21-,24?/m0/s1. The SMILES string of the molecule is N#Cc1c(C(F)(F)F)cc(C23CC4CC(CC(C4)C2)C3)nc1S[C@H](C(=O)O)c1ccccc1. The van der Waals surface area contributed by atoms with E-state index in [4.69, 9.17) is 0 Å². The number of benzene rings is 1. The second-order valence-corrected chi connectivity index (χ2v) is 10.9. The van der Waals surface area contributed by atoms with Gasteiger partial charge < -0.3 is 5.11 Å². The van der Waals surface area contributed by atoms with Crippen molar-refractivity contribution in [3.8, 4) is 6.07 Å². The van der Waals surface area contributed by atoms with Gasteiger partial charge in [-0.2, -0.15) is 18.4 Å². The smallest absolute Gasteiger partial charge is 0.417 e. The fourth-order valence-electron chi connectivity index (χ4n) is 6.64. The van der Waals surface area contributed by atoms with Crippen molar-refractivity contribution in [2.45, 2.75) is 60.4 Å². The summed E-state index contributed by atoms with van der Waals surface area (Å²) in [5, 5.41) is 18.2. The Bertz CT molecular complexity index is 1090. The Labute approximate surface area is 194 Å². The molecule has 4 saturated carbocycles. The monoisotopic (exact) mass is 472 g/mol. The number of rotatable bonds is 5. The summed E-state index contributed by atoms with van der Waals surface area (Å²) in [7, 11) is 0. The Morgan fingerprint density at radius 2 is 1.70 bits per heavy atom. The molecule has 1 atom stereocenters. The van der Waals surface area contributed by atoms with Gasteiger partial charge in [0.2, 0.25) is 0 Å². The van der Waals surface area contributed by atoms with Gasteiger partial charge >= 0.3 is 12.1 Å². The molecule has 2 aromatic rings. The van der Waals surface area contributed by atoms with Crippen LogP contribution in [-0.4, -0.2) is 16.1 Å². The number of hydrogen-bond donors (Lipinski definition) is 1. The number of aliphatic carboxylic acids is 1. The molecule has 0 amide bonds. The minimum Gasteiger partial charge on any atom is -0.480 e. The van der Waals surface area contributed by atoms with Crippen molar-refractivity contribution in [2.75, 3.05) is 0 Å². The van der Waals surface area contributed by atoms with Gasteiger partial charge in [0.05, 0.1) is 11.1 Å². The van der Waals surface area contributed by atoms with Gasteiger partial charge in [0.1, 0.15) is 16.3 Å². The molecule has 33 heavy (non-hydrogen) atoms. The summed E-state index contributed by atoms with van der Waals surface area (Å²) in [6.07, 6.45) is 1.14. The predicted octanol–water partition coefficient (Wildman–Crippen LogP) is 6.36. The van der Waals surface area contributed by atoms with E-state index < -0.39 is 33.9 Å². The number of aromatic nitrogens is 1. The number of alkyl halides is 3. The largest absolute Gasteiger partial charge is 0.480 e. The summed E-state index contributed by atoms with van der Waals surface area (Å²) in [5.41, 5.74) is -1.19. The normalized spacial score (nSPS) is 29.0. The van der Waals surface area contributed by atoms with Crippen molar-refractivity contribution in [1.29, 1.82) is 5.26 Å². The highest BCUT2D eigenvalue weighted by molar-refractivity contribution is 8.00. The van der Waals surface area contributed by atoms with Crippen molar-refractivity contribution in [3.63, 3.8) is 0 Å². The maximum atomic E-state index is 14.1. The maximum absolute atomic E-state index is 14.1. The highest BCUT2D eigenvalue weighted by atomic mass is 32.2. The third kappa shape index (κ3) is 4.01. The fourth-order valence-corrected chi connectivity index (χ4v) is 7.68. The molecular formula is C25H23F3N2O2S. The van der Waals surface area contributed by atoms with Gasteiger partial charge in [0.15, 0.2) is 0 Å². The lowest BCUT2D eigenvalue weighted by Gasteiger charge is -2.56. The van der Waals surface area contributed by atoms with Crippen molar-refractivity contribution in [2.24, 2.45) is 17.8 Å². The van der Waals surface area contributed by atoms with Crippen LogP contribution in [0.2, 0.25) is 0 Å². The van der Waals surface area contributed by atoms with Crippen LogP contribution in [0.4, 0.5) is 13.2 Å². The number of nitrogens with zero attached hydrogens (tertiary/aromatic N) is 2. The molecular weight excluding hydrogens is 449 g/mol. The van der Waals surface area contributed by atoms with E-state index in [0.29, 0.717) is 40.8 Å². The molecule has 6 rings (SSSR count). The molecule has 4 fully saturated rings. The lowest BCUT2D eigenvalue weighted by Crippen LogP contribution is -2.49. The number of carbonyl (C=O) groups is 1. The van der Waals surface area contributed by atoms with Crippen LogP contribution in [0.25, 0.3) is 0 Å². The summed E-state index contributed by atoms with van der Waals surface area (Å²) >= 11 is 0.716. The van der Waals surface area contributed by atoms with Crippen LogP contribution in [0.1, 0.15) is 66.2 Å². The Kier molecular flexibility index (Phi) is 5.43. The summed E-state index contributed by atoms with van der Waals surface area (Å²) in [6, 6.07) is 11.1. The maximum Gasteiger partial charge on any atom is 0.417 e. The van der Waals surface area contributed by atoms with Gasteiger partial charge in [-0.1, -0.05) is 42.1 Å². The van der Waals surface area contributed by atoms with E-state index in [9.17, 15) is 28.3 Å². The predicted molar refractivity (Wildman–Crippen MR) is 116 cm³/mol. The molecule has 172 valence electrons. The molecule has 0 aliphatic heterocycles. The first-order valence-corrected chi connectivity index (χ1v) is 12.0. The van der Waals surface area contributed by atoms with Crippen molar-refractivity contribution >= 4 is 17.7 Å². The fraction of sp³-hybridized carbons (Fsp3) is 0.480. The van der Waals surface area contributed by atoms with Gasteiger partial charge in [0, 0.05) is 11.1 Å². The van der Waals surface area contributed by atoms with Crippen LogP contribution in [0, 0.1) is 29.1 Å². The average molecular weight is 473 g/mol. The number of nitriles is 1. The Hall–Kier alpha value is -2.53. The number of halogens is 3. The minimum absolute atomic E-state index is 0.144. The molecule has 4 nitrogen and oxygen atoms in total. The molecule has 4 aliphatic carbocycles. The van der Waals surface area contributed by atoms with Crippen LogP contribution in [-0.2, 0) is 16.4 Å². The zero-order chi connectivity index (χ0) is 23.4. The number of carboxylic acid groups (broad SMARTS) is 1. The van der Waals surface area contributed by atoms with Gasteiger partial charge in [-0.05, 0) is 67.9 Å². The Balaban J connectivity index is 1.63. The second kappa shape index (κ2) is 8.05. The van der Waals surface area contributed by atoms with Crippen molar-refractivity contribution in [1.82, 2.24) is 4.98 Å². The number of thioether (sulfide) groups is 1. The second-order valence-electron chi connectivity index (χ2n) is 9.79. The van der Waals surface area contributed by atoms with Gasteiger partial charge in [0.25, 0.3) is 0 Å². The van der Waals surface area contributed by atoms with Crippen LogP contribution in [0.15, 0.2) is 41.4 Å². The molecule has 4 aliphatic rings. The first-order valence-electron chi connectivity index (χ1n) is 11.2. The Morgan fingerprint density at radius 3 is 2.18 bits per heavy atom. The topological polar surface area (TPSA) is 74.0 Å². The molecule has 0 radical (unpaired) electrons. The van der Waals surface area contributed by atoms with Crippen LogP contribution >= 0.6 is 11.8 Å². The minimum atomic E-state index is -4.73. The van der Waals surface area contributed by atoms with Gasteiger partial charge in [-0.3, -0.25) is 4.79 Å². The lowest BCUT2D eigenvalue weighted by atomic mass is 9.48. The molecule has 0 spiro atoms. The van der Waals surface area contributed by atoms with Crippen LogP contribution < -0.4 is 0 Å². The molecule has 0 saturated heterocycles.